The van der Waals surface area contributed by atoms with E-state index < -0.39 is 21.7 Å². The second-order valence-electron chi connectivity index (χ2n) is 7.91. The molecule has 0 bridgehead atoms. The summed E-state index contributed by atoms with van der Waals surface area (Å²) in [6.45, 7) is 0.700. The van der Waals surface area contributed by atoms with E-state index in [1.165, 1.54) is 22.8 Å². The monoisotopic (exact) mass is 496 g/mol. The minimum Gasteiger partial charge on any atom is -0.347 e. The number of hydrogen-bond acceptors (Lipinski definition) is 5. The van der Waals surface area contributed by atoms with E-state index in [1.807, 2.05) is 24.3 Å². The molecule has 2 aromatic heterocycles. The van der Waals surface area contributed by atoms with Crippen LogP contribution in [0.4, 0.5) is 4.39 Å². The second kappa shape index (κ2) is 9.13. The van der Waals surface area contributed by atoms with Crippen molar-refractivity contribution in [2.24, 2.45) is 0 Å². The van der Waals surface area contributed by atoms with E-state index in [2.05, 4.69) is 10.3 Å². The van der Waals surface area contributed by atoms with Gasteiger partial charge in [-0.3, -0.25) is 4.79 Å². The number of benzene rings is 2. The van der Waals surface area contributed by atoms with Crippen molar-refractivity contribution < 1.29 is 17.6 Å². The summed E-state index contributed by atoms with van der Waals surface area (Å²) in [5, 5.41) is 4.31. The SMILES string of the molecule is O=C(NCc1ccc(-n2ccnc2)c(F)c1)c1sccc1S(=O)(=O)N1CCc2ccccc2C1. The van der Waals surface area contributed by atoms with E-state index in [1.54, 1.807) is 34.5 Å². The number of rotatable bonds is 6. The maximum atomic E-state index is 14.5. The van der Waals surface area contributed by atoms with Gasteiger partial charge in [-0.15, -0.1) is 11.3 Å². The molecule has 1 aliphatic rings. The zero-order valence-electron chi connectivity index (χ0n) is 18.0. The lowest BCUT2D eigenvalue weighted by Crippen LogP contribution is -2.36. The molecule has 0 saturated carbocycles. The fourth-order valence-corrected chi connectivity index (χ4v) is 6.75. The smallest absolute Gasteiger partial charge is 0.263 e. The minimum atomic E-state index is -3.84. The summed E-state index contributed by atoms with van der Waals surface area (Å²) in [6, 6.07) is 13.9. The number of nitrogens with one attached hydrogen (secondary N) is 1. The average molecular weight is 497 g/mol. The second-order valence-corrected chi connectivity index (χ2v) is 10.7. The van der Waals surface area contributed by atoms with Crippen LogP contribution in [0.25, 0.3) is 5.69 Å². The fourth-order valence-electron chi connectivity index (χ4n) is 4.01. The summed E-state index contributed by atoms with van der Waals surface area (Å²) in [4.78, 5) is 16.9. The highest BCUT2D eigenvalue weighted by atomic mass is 32.2. The molecule has 34 heavy (non-hydrogen) atoms. The molecule has 10 heteroatoms. The lowest BCUT2D eigenvalue weighted by atomic mass is 10.0. The number of fused-ring (bicyclic) bond motifs is 1. The summed E-state index contributed by atoms with van der Waals surface area (Å²) in [6.07, 6.45) is 5.32. The van der Waals surface area contributed by atoms with E-state index >= 15 is 0 Å². The van der Waals surface area contributed by atoms with Gasteiger partial charge in [-0.05, 0) is 46.7 Å². The molecule has 1 aliphatic heterocycles. The molecule has 0 unspecified atom stereocenters. The molecule has 2 aromatic carbocycles. The van der Waals surface area contributed by atoms with Gasteiger partial charge in [0.05, 0.1) is 12.0 Å². The number of carbonyl (C=O) groups excluding carboxylic acids is 1. The van der Waals surface area contributed by atoms with Gasteiger partial charge in [0, 0.05) is 32.0 Å². The molecule has 4 aromatic rings. The Morgan fingerprint density at radius 3 is 2.74 bits per heavy atom. The first-order valence-electron chi connectivity index (χ1n) is 10.6. The van der Waals surface area contributed by atoms with Crippen molar-refractivity contribution in [3.63, 3.8) is 0 Å². The maximum absolute atomic E-state index is 14.5. The molecule has 0 atom stereocenters. The van der Waals surface area contributed by atoms with E-state index in [9.17, 15) is 17.6 Å². The molecule has 1 N–H and O–H groups in total. The molecule has 0 saturated heterocycles. The zero-order valence-corrected chi connectivity index (χ0v) is 19.7. The van der Waals surface area contributed by atoms with Crippen LogP contribution in [0.1, 0.15) is 26.4 Å². The molecular weight excluding hydrogens is 475 g/mol. The summed E-state index contributed by atoms with van der Waals surface area (Å²) in [5.41, 5.74) is 3.02. The number of nitrogens with zero attached hydrogens (tertiary/aromatic N) is 3. The average Bonchev–Trinajstić information content (AvgIpc) is 3.55. The molecular formula is C24H21FN4O3S2. The number of imidazole rings is 1. The highest BCUT2D eigenvalue weighted by Gasteiger charge is 2.32. The predicted molar refractivity (Wildman–Crippen MR) is 127 cm³/mol. The van der Waals surface area contributed by atoms with Crippen LogP contribution >= 0.6 is 11.3 Å². The van der Waals surface area contributed by atoms with E-state index in [4.69, 9.17) is 0 Å². The zero-order chi connectivity index (χ0) is 23.7. The van der Waals surface area contributed by atoms with Gasteiger partial charge < -0.3 is 9.88 Å². The first-order chi connectivity index (χ1) is 16.4. The van der Waals surface area contributed by atoms with Crippen LogP contribution in [0.5, 0.6) is 0 Å². The number of carbonyl (C=O) groups is 1. The quantitative estimate of drug-likeness (QED) is 0.441. The Morgan fingerprint density at radius 2 is 1.97 bits per heavy atom. The predicted octanol–water partition coefficient (Wildman–Crippen LogP) is 3.75. The van der Waals surface area contributed by atoms with Crippen LogP contribution in [0.3, 0.4) is 0 Å². The molecule has 0 spiro atoms. The van der Waals surface area contributed by atoms with Crippen molar-refractivity contribution in [3.05, 3.63) is 100 Å². The van der Waals surface area contributed by atoms with E-state index in [-0.39, 0.29) is 22.9 Å². The van der Waals surface area contributed by atoms with Crippen LogP contribution < -0.4 is 5.32 Å². The molecule has 7 nitrogen and oxygen atoms in total. The Hall–Kier alpha value is -3.34. The van der Waals surface area contributed by atoms with Crippen molar-refractivity contribution in [2.45, 2.75) is 24.4 Å². The Morgan fingerprint density at radius 1 is 1.15 bits per heavy atom. The minimum absolute atomic E-state index is 0.00369. The number of hydrogen-bond donors (Lipinski definition) is 1. The number of thiophene rings is 1. The highest BCUT2D eigenvalue weighted by Crippen LogP contribution is 2.29. The number of aromatic nitrogens is 2. The first kappa shape index (κ1) is 22.5. The molecule has 1 amide bonds. The number of amides is 1. The first-order valence-corrected chi connectivity index (χ1v) is 12.9. The van der Waals surface area contributed by atoms with Gasteiger partial charge in [-0.2, -0.15) is 4.31 Å². The van der Waals surface area contributed by atoms with E-state index in [0.717, 1.165) is 22.5 Å². The van der Waals surface area contributed by atoms with Gasteiger partial charge in [0.15, 0.2) is 0 Å². The highest BCUT2D eigenvalue weighted by molar-refractivity contribution is 7.89. The van der Waals surface area contributed by atoms with Crippen LogP contribution in [-0.4, -0.2) is 34.7 Å². The Bertz CT molecular complexity index is 1450. The third-order valence-corrected chi connectivity index (χ3v) is 8.73. The Kier molecular flexibility index (Phi) is 6.03. The molecule has 3 heterocycles. The summed E-state index contributed by atoms with van der Waals surface area (Å²) >= 11 is 1.07. The van der Waals surface area contributed by atoms with Crippen molar-refractivity contribution in [3.8, 4) is 5.69 Å². The van der Waals surface area contributed by atoms with Gasteiger partial charge in [-0.25, -0.2) is 17.8 Å². The lowest BCUT2D eigenvalue weighted by molar-refractivity contribution is 0.0951. The van der Waals surface area contributed by atoms with Crippen LogP contribution in [-0.2, 0) is 29.5 Å². The van der Waals surface area contributed by atoms with Crippen molar-refractivity contribution >= 4 is 27.3 Å². The lowest BCUT2D eigenvalue weighted by Gasteiger charge is -2.28. The van der Waals surface area contributed by atoms with Crippen LogP contribution in [0.15, 0.2) is 77.5 Å². The Labute approximate surface area is 200 Å². The van der Waals surface area contributed by atoms with Gasteiger partial charge in [0.25, 0.3) is 5.91 Å². The Balaban J connectivity index is 1.30. The molecule has 0 aliphatic carbocycles. The molecule has 174 valence electrons. The van der Waals surface area contributed by atoms with Crippen LogP contribution in [0.2, 0.25) is 0 Å². The maximum Gasteiger partial charge on any atom is 0.263 e. The summed E-state index contributed by atoms with van der Waals surface area (Å²) < 4.78 is 44.2. The third-order valence-electron chi connectivity index (χ3n) is 5.80. The normalized spacial score (nSPS) is 14.0. The number of sulfonamides is 1. The molecule has 0 fully saturated rings. The largest absolute Gasteiger partial charge is 0.347 e. The van der Waals surface area contributed by atoms with Crippen molar-refractivity contribution in [1.82, 2.24) is 19.2 Å². The van der Waals surface area contributed by atoms with Gasteiger partial charge in [0.1, 0.15) is 15.6 Å². The van der Waals surface area contributed by atoms with Crippen molar-refractivity contribution in [2.75, 3.05) is 6.54 Å². The van der Waals surface area contributed by atoms with Crippen molar-refractivity contribution in [1.29, 1.82) is 0 Å². The summed E-state index contributed by atoms with van der Waals surface area (Å²) in [7, 11) is -3.84. The topological polar surface area (TPSA) is 84.3 Å². The third kappa shape index (κ3) is 4.27. The number of halogens is 1. The fraction of sp³-hybridized carbons (Fsp3) is 0.167. The van der Waals surface area contributed by atoms with Gasteiger partial charge in [0.2, 0.25) is 10.0 Å². The standard InChI is InChI=1S/C24H21FN4O3S2/c25-20-13-17(5-6-21(20)28-11-9-26-16-28)14-27-24(30)23-22(8-12-33-23)34(31,32)29-10-7-18-3-1-2-4-19(18)15-29/h1-6,8-9,11-13,16H,7,10,14-15H2,(H,27,30). The molecule has 5 rings (SSSR count). The van der Waals surface area contributed by atoms with E-state index in [0.29, 0.717) is 24.2 Å². The summed E-state index contributed by atoms with van der Waals surface area (Å²) in [5.74, 6) is -0.959. The van der Waals surface area contributed by atoms with Gasteiger partial charge in [-0.1, -0.05) is 30.3 Å². The van der Waals surface area contributed by atoms with Crippen LogP contribution in [0, 0.1) is 5.82 Å². The van der Waals surface area contributed by atoms with Gasteiger partial charge >= 0.3 is 0 Å². The molecule has 0 radical (unpaired) electrons.